The monoisotopic (exact) mass is 335 g/mol. The van der Waals surface area contributed by atoms with Gasteiger partial charge in [-0.25, -0.2) is 4.98 Å². The van der Waals surface area contributed by atoms with Crippen molar-refractivity contribution in [2.75, 3.05) is 20.1 Å². The normalized spacial score (nSPS) is 16.6. The van der Waals surface area contributed by atoms with Crippen LogP contribution in [0.3, 0.4) is 0 Å². The standard InChI is InChI=1S/C17H29N5O2/c1-5-14(22-10-6-7-16(22)23)8-9-19-17(18-4)20-11-15-21-12(2)13(3)24-15/h14H,5-11H2,1-4H3,(H2,18,19,20). The molecule has 134 valence electrons. The van der Waals surface area contributed by atoms with Crippen LogP contribution in [-0.4, -0.2) is 47.9 Å². The first-order valence-electron chi connectivity index (χ1n) is 8.72. The number of hydrogen-bond donors (Lipinski definition) is 2. The van der Waals surface area contributed by atoms with E-state index in [1.54, 1.807) is 7.05 Å². The summed E-state index contributed by atoms with van der Waals surface area (Å²) in [5.74, 6) is 2.50. The zero-order chi connectivity index (χ0) is 17.5. The first-order chi connectivity index (χ1) is 11.5. The van der Waals surface area contributed by atoms with Crippen molar-refractivity contribution in [3.63, 3.8) is 0 Å². The van der Waals surface area contributed by atoms with E-state index in [1.807, 2.05) is 18.7 Å². The highest BCUT2D eigenvalue weighted by Crippen LogP contribution is 2.17. The van der Waals surface area contributed by atoms with Crippen molar-refractivity contribution in [1.29, 1.82) is 0 Å². The van der Waals surface area contributed by atoms with Crippen molar-refractivity contribution in [2.45, 2.75) is 59.0 Å². The summed E-state index contributed by atoms with van der Waals surface area (Å²) in [7, 11) is 1.74. The van der Waals surface area contributed by atoms with Gasteiger partial charge in [-0.2, -0.15) is 0 Å². The molecule has 2 heterocycles. The Labute approximate surface area is 143 Å². The fourth-order valence-corrected chi connectivity index (χ4v) is 2.99. The highest BCUT2D eigenvalue weighted by atomic mass is 16.4. The Morgan fingerprint density at radius 2 is 2.21 bits per heavy atom. The second-order valence-corrected chi connectivity index (χ2v) is 6.14. The van der Waals surface area contributed by atoms with Gasteiger partial charge in [-0.3, -0.25) is 9.79 Å². The highest BCUT2D eigenvalue weighted by molar-refractivity contribution is 5.79. The summed E-state index contributed by atoms with van der Waals surface area (Å²) >= 11 is 0. The zero-order valence-corrected chi connectivity index (χ0v) is 15.2. The zero-order valence-electron chi connectivity index (χ0n) is 15.2. The van der Waals surface area contributed by atoms with Crippen LogP contribution < -0.4 is 10.6 Å². The maximum absolute atomic E-state index is 11.9. The van der Waals surface area contributed by atoms with Gasteiger partial charge < -0.3 is 20.0 Å². The van der Waals surface area contributed by atoms with Crippen LogP contribution in [-0.2, 0) is 11.3 Å². The molecule has 0 bridgehead atoms. The van der Waals surface area contributed by atoms with Crippen LogP contribution in [0.25, 0.3) is 0 Å². The Bertz CT molecular complexity index is 562. The lowest BCUT2D eigenvalue weighted by atomic mass is 10.1. The maximum Gasteiger partial charge on any atom is 0.222 e. The number of likely N-dealkylation sites (tertiary alicyclic amines) is 1. The number of carbonyl (C=O) groups is 1. The molecule has 0 spiro atoms. The Hall–Kier alpha value is -2.05. The van der Waals surface area contributed by atoms with Crippen molar-refractivity contribution in [3.8, 4) is 0 Å². The molecular weight excluding hydrogens is 306 g/mol. The van der Waals surface area contributed by atoms with E-state index in [4.69, 9.17) is 4.42 Å². The number of aromatic nitrogens is 1. The third-order valence-corrected chi connectivity index (χ3v) is 4.50. The number of oxazole rings is 1. The summed E-state index contributed by atoms with van der Waals surface area (Å²) in [6, 6.07) is 0.308. The number of nitrogens with one attached hydrogen (secondary N) is 2. The van der Waals surface area contributed by atoms with Crippen molar-refractivity contribution < 1.29 is 9.21 Å². The summed E-state index contributed by atoms with van der Waals surface area (Å²) in [4.78, 5) is 22.4. The van der Waals surface area contributed by atoms with Gasteiger partial charge in [0.15, 0.2) is 5.96 Å². The molecule has 1 unspecified atom stereocenters. The first-order valence-corrected chi connectivity index (χ1v) is 8.72. The van der Waals surface area contributed by atoms with Crippen LogP contribution in [0.15, 0.2) is 9.41 Å². The lowest BCUT2D eigenvalue weighted by Gasteiger charge is -2.27. The second-order valence-electron chi connectivity index (χ2n) is 6.14. The van der Waals surface area contributed by atoms with E-state index in [1.165, 1.54) is 0 Å². The van der Waals surface area contributed by atoms with E-state index in [9.17, 15) is 4.79 Å². The van der Waals surface area contributed by atoms with E-state index in [2.05, 4.69) is 27.5 Å². The van der Waals surface area contributed by atoms with E-state index < -0.39 is 0 Å². The predicted molar refractivity (Wildman–Crippen MR) is 93.8 cm³/mol. The summed E-state index contributed by atoms with van der Waals surface area (Å²) < 4.78 is 5.55. The Morgan fingerprint density at radius 3 is 2.75 bits per heavy atom. The van der Waals surface area contributed by atoms with Crippen LogP contribution in [0.4, 0.5) is 0 Å². The Balaban J connectivity index is 1.75. The van der Waals surface area contributed by atoms with E-state index in [0.29, 0.717) is 36.8 Å². The molecule has 1 aliphatic heterocycles. The van der Waals surface area contributed by atoms with Gasteiger partial charge in [0.2, 0.25) is 11.8 Å². The van der Waals surface area contributed by atoms with Gasteiger partial charge >= 0.3 is 0 Å². The highest BCUT2D eigenvalue weighted by Gasteiger charge is 2.26. The number of carbonyl (C=O) groups excluding carboxylic acids is 1. The Kier molecular flexibility index (Phi) is 6.63. The lowest BCUT2D eigenvalue weighted by Crippen LogP contribution is -2.41. The number of guanidine groups is 1. The number of hydrogen-bond acceptors (Lipinski definition) is 4. The van der Waals surface area contributed by atoms with Gasteiger partial charge in [0.25, 0.3) is 0 Å². The van der Waals surface area contributed by atoms with E-state index in [0.717, 1.165) is 43.8 Å². The minimum absolute atomic E-state index is 0.291. The molecule has 0 saturated carbocycles. The second kappa shape index (κ2) is 8.70. The minimum Gasteiger partial charge on any atom is -0.444 e. The number of nitrogens with zero attached hydrogens (tertiary/aromatic N) is 3. The number of aliphatic imine (C=N–C) groups is 1. The third-order valence-electron chi connectivity index (χ3n) is 4.50. The molecule has 0 aliphatic carbocycles. The average molecular weight is 335 g/mol. The SMILES string of the molecule is CCC(CCNC(=NC)NCc1nc(C)c(C)o1)N1CCCC1=O. The smallest absolute Gasteiger partial charge is 0.222 e. The molecule has 1 amide bonds. The molecular formula is C17H29N5O2. The molecule has 1 aromatic heterocycles. The van der Waals surface area contributed by atoms with Crippen molar-refractivity contribution in [3.05, 3.63) is 17.3 Å². The molecule has 0 aromatic carbocycles. The minimum atomic E-state index is 0.291. The van der Waals surface area contributed by atoms with E-state index in [-0.39, 0.29) is 0 Å². The summed E-state index contributed by atoms with van der Waals surface area (Å²) in [5, 5.41) is 6.49. The predicted octanol–water partition coefficient (Wildman–Crippen LogP) is 1.75. The fraction of sp³-hybridized carbons (Fsp3) is 0.706. The molecule has 24 heavy (non-hydrogen) atoms. The number of aryl methyl sites for hydroxylation is 2. The fourth-order valence-electron chi connectivity index (χ4n) is 2.99. The molecule has 2 N–H and O–H groups in total. The van der Waals surface area contributed by atoms with Gasteiger partial charge in [0.05, 0.1) is 12.2 Å². The average Bonchev–Trinajstić information content (AvgIpc) is 3.13. The molecule has 1 fully saturated rings. The molecule has 1 aromatic rings. The van der Waals surface area contributed by atoms with Gasteiger partial charge in [0.1, 0.15) is 5.76 Å². The van der Waals surface area contributed by atoms with E-state index >= 15 is 0 Å². The quantitative estimate of drug-likeness (QED) is 0.586. The third kappa shape index (κ3) is 4.72. The molecule has 7 nitrogen and oxygen atoms in total. The summed E-state index contributed by atoms with van der Waals surface area (Å²) in [6.45, 7) is 8.13. The summed E-state index contributed by atoms with van der Waals surface area (Å²) in [5.41, 5.74) is 0.913. The van der Waals surface area contributed by atoms with Gasteiger partial charge in [-0.15, -0.1) is 0 Å². The van der Waals surface area contributed by atoms with Gasteiger partial charge in [-0.1, -0.05) is 6.92 Å². The molecule has 7 heteroatoms. The molecule has 1 aliphatic rings. The van der Waals surface area contributed by atoms with Crippen LogP contribution in [0.1, 0.15) is 50.0 Å². The maximum atomic E-state index is 11.9. The number of amides is 1. The molecule has 0 radical (unpaired) electrons. The van der Waals surface area contributed by atoms with Crippen LogP contribution >= 0.6 is 0 Å². The van der Waals surface area contributed by atoms with Crippen molar-refractivity contribution in [2.24, 2.45) is 4.99 Å². The van der Waals surface area contributed by atoms with Gasteiger partial charge in [-0.05, 0) is 33.1 Å². The molecule has 1 saturated heterocycles. The van der Waals surface area contributed by atoms with Gasteiger partial charge in [0, 0.05) is 32.6 Å². The summed E-state index contributed by atoms with van der Waals surface area (Å²) in [6.07, 6.45) is 3.58. The Morgan fingerprint density at radius 1 is 1.42 bits per heavy atom. The van der Waals surface area contributed by atoms with Crippen molar-refractivity contribution >= 4 is 11.9 Å². The van der Waals surface area contributed by atoms with Crippen LogP contribution in [0, 0.1) is 13.8 Å². The lowest BCUT2D eigenvalue weighted by molar-refractivity contribution is -0.129. The number of rotatable bonds is 7. The first kappa shape index (κ1) is 18.3. The van der Waals surface area contributed by atoms with Crippen LogP contribution in [0.5, 0.6) is 0 Å². The van der Waals surface area contributed by atoms with Crippen LogP contribution in [0.2, 0.25) is 0 Å². The largest absolute Gasteiger partial charge is 0.444 e. The molecule has 1 atom stereocenters. The van der Waals surface area contributed by atoms with Crippen molar-refractivity contribution in [1.82, 2.24) is 20.5 Å². The molecule has 2 rings (SSSR count). The topological polar surface area (TPSA) is 82.8 Å².